The number of hydrogen-bond donors (Lipinski definition) is 0. The van der Waals surface area contributed by atoms with Crippen LogP contribution in [-0.4, -0.2) is 37.6 Å². The zero-order chi connectivity index (χ0) is 25.4. The molecule has 0 fully saturated rings. The summed E-state index contributed by atoms with van der Waals surface area (Å²) in [5.74, 6) is 0. The van der Waals surface area contributed by atoms with E-state index >= 15 is 0 Å². The van der Waals surface area contributed by atoms with Crippen molar-refractivity contribution in [2.24, 2.45) is 0 Å². The highest BCUT2D eigenvalue weighted by molar-refractivity contribution is 5.96. The molecule has 0 amide bonds. The van der Waals surface area contributed by atoms with E-state index in [2.05, 4.69) is 23.9 Å². The van der Waals surface area contributed by atoms with Gasteiger partial charge in [0.2, 0.25) is 0 Å². The Labute approximate surface area is 207 Å². The molecule has 0 saturated carbocycles. The van der Waals surface area contributed by atoms with Gasteiger partial charge in [-0.15, -0.1) is 0 Å². The van der Waals surface area contributed by atoms with Crippen LogP contribution in [0.3, 0.4) is 0 Å². The van der Waals surface area contributed by atoms with Gasteiger partial charge in [-0.25, -0.2) is 9.48 Å². The highest BCUT2D eigenvalue weighted by Crippen LogP contribution is 2.30. The Hall–Kier alpha value is -2.30. The van der Waals surface area contributed by atoms with Crippen LogP contribution in [0.25, 0.3) is 11.1 Å². The molecule has 0 spiro atoms. The maximum atomic E-state index is 12.7. The fraction of sp³-hybridized carbons (Fsp3) is 0.655. The van der Waals surface area contributed by atoms with Crippen LogP contribution in [0.5, 0.6) is 0 Å². The van der Waals surface area contributed by atoms with Gasteiger partial charge in [-0.3, -0.25) is 0 Å². The predicted molar refractivity (Wildman–Crippen MR) is 145 cm³/mol. The van der Waals surface area contributed by atoms with Crippen LogP contribution in [0, 0.1) is 10.4 Å². The van der Waals surface area contributed by atoms with Crippen molar-refractivity contribution in [2.45, 2.75) is 124 Å². The molecule has 2 aliphatic rings. The number of hydroxylamine groups is 2. The molecule has 0 aromatic heterocycles. The SMILES string of the molecule is CCCCCCCCCCCn1cc(/C=[N+](\[O-])C(C)(C)C)c2ccc(/C=[N+](\[O-])C(C)(C)C)c-2c1. The van der Waals surface area contributed by atoms with Crippen LogP contribution < -0.4 is 0 Å². The lowest BCUT2D eigenvalue weighted by Gasteiger charge is -2.20. The molecule has 34 heavy (non-hydrogen) atoms. The molecule has 1 aliphatic carbocycles. The minimum atomic E-state index is -0.510. The van der Waals surface area contributed by atoms with Crippen LogP contribution in [0.1, 0.15) is 117 Å². The topological polar surface area (TPSA) is 57.1 Å². The largest absolute Gasteiger partial charge is 0.623 e. The second-order valence-corrected chi connectivity index (χ2v) is 11.6. The molecule has 0 radical (unpaired) electrons. The first-order valence-corrected chi connectivity index (χ1v) is 13.2. The van der Waals surface area contributed by atoms with E-state index in [1.165, 1.54) is 51.4 Å². The minimum Gasteiger partial charge on any atom is -0.623 e. The first-order valence-electron chi connectivity index (χ1n) is 13.2. The number of pyridine rings is 1. The van der Waals surface area contributed by atoms with Gasteiger partial charge >= 0.3 is 0 Å². The van der Waals surface area contributed by atoms with E-state index in [0.717, 1.165) is 44.7 Å². The summed E-state index contributed by atoms with van der Waals surface area (Å²) in [4.78, 5) is 0. The summed E-state index contributed by atoms with van der Waals surface area (Å²) < 4.78 is 4.23. The third-order valence-corrected chi connectivity index (χ3v) is 6.30. The maximum Gasteiger partial charge on any atom is 0.184 e. The minimum absolute atomic E-state index is 0.502. The van der Waals surface area contributed by atoms with Gasteiger partial charge < -0.3 is 15.0 Å². The van der Waals surface area contributed by atoms with Crippen LogP contribution in [0.4, 0.5) is 0 Å². The van der Waals surface area contributed by atoms with Crippen LogP contribution >= 0.6 is 0 Å². The molecule has 1 heterocycles. The molecule has 0 aromatic rings. The molecule has 0 N–H and O–H groups in total. The Morgan fingerprint density at radius 1 is 0.676 bits per heavy atom. The van der Waals surface area contributed by atoms with E-state index in [0.29, 0.717) is 0 Å². The Balaban J connectivity index is 2.21. The molecule has 0 saturated heterocycles. The summed E-state index contributed by atoms with van der Waals surface area (Å²) in [5, 5.41) is 25.3. The van der Waals surface area contributed by atoms with Crippen LogP contribution in [0.2, 0.25) is 0 Å². The van der Waals surface area contributed by atoms with Crippen molar-refractivity contribution < 1.29 is 9.48 Å². The fourth-order valence-corrected chi connectivity index (χ4v) is 3.94. The maximum absolute atomic E-state index is 12.7. The van der Waals surface area contributed by atoms with E-state index in [4.69, 9.17) is 0 Å². The van der Waals surface area contributed by atoms with Gasteiger partial charge in [0.05, 0.1) is 5.56 Å². The van der Waals surface area contributed by atoms with Gasteiger partial charge in [0.1, 0.15) is 0 Å². The number of aromatic nitrogens is 1. The Bertz CT molecular complexity index is 926. The second-order valence-electron chi connectivity index (χ2n) is 11.6. The third-order valence-electron chi connectivity index (χ3n) is 6.30. The van der Waals surface area contributed by atoms with Crippen LogP contribution in [-0.2, 0) is 6.54 Å². The molecule has 2 rings (SSSR count). The van der Waals surface area contributed by atoms with Crippen LogP contribution in [0.15, 0.2) is 24.5 Å². The smallest absolute Gasteiger partial charge is 0.184 e. The molecule has 5 heteroatoms. The average molecular weight is 470 g/mol. The van der Waals surface area contributed by atoms with Gasteiger partial charge in [-0.1, -0.05) is 64.4 Å². The van der Waals surface area contributed by atoms with Crippen molar-refractivity contribution in [3.8, 4) is 11.1 Å². The number of rotatable bonds is 12. The molecule has 0 bridgehead atoms. The average Bonchev–Trinajstić information content (AvgIpc) is 3.14. The molecule has 0 atom stereocenters. The Morgan fingerprint density at radius 3 is 1.71 bits per heavy atom. The van der Waals surface area contributed by atoms with E-state index in [-0.39, 0.29) is 0 Å². The number of fused-ring (bicyclic) bond motifs is 1. The summed E-state index contributed by atoms with van der Waals surface area (Å²) in [6, 6.07) is 4.00. The number of unbranched alkanes of at least 4 members (excludes halogenated alkanes) is 8. The van der Waals surface area contributed by atoms with Crippen molar-refractivity contribution in [2.75, 3.05) is 0 Å². The molecule has 5 nitrogen and oxygen atoms in total. The van der Waals surface area contributed by atoms with Crippen molar-refractivity contribution in [1.82, 2.24) is 4.57 Å². The zero-order valence-corrected chi connectivity index (χ0v) is 22.7. The first kappa shape index (κ1) is 27.9. The number of hydrogen-bond acceptors (Lipinski definition) is 2. The standard InChI is InChI=1S/C29H47N3O2/c1-8-9-10-11-12-13-14-15-16-19-30-20-25(22-32(34)29(5,6)7)26-18-17-24(27(26)23-30)21-31(33)28(2,3)4/h17-18,20-23H,8-16,19H2,1-7H3/b31-21-,32-22-. The van der Waals surface area contributed by atoms with Gasteiger partial charge in [0.25, 0.3) is 0 Å². The lowest BCUT2D eigenvalue weighted by molar-refractivity contribution is -0.530. The van der Waals surface area contributed by atoms with E-state index in [1.54, 1.807) is 12.4 Å². The fourth-order valence-electron chi connectivity index (χ4n) is 3.94. The van der Waals surface area contributed by atoms with Crippen molar-refractivity contribution in [3.05, 3.63) is 46.1 Å². The monoisotopic (exact) mass is 469 g/mol. The number of aryl methyl sites for hydroxylation is 1. The van der Waals surface area contributed by atoms with Crippen molar-refractivity contribution >= 4 is 12.4 Å². The molecular weight excluding hydrogens is 422 g/mol. The van der Waals surface area contributed by atoms with Crippen molar-refractivity contribution in [1.29, 1.82) is 0 Å². The zero-order valence-electron chi connectivity index (χ0n) is 22.7. The Kier molecular flexibility index (Phi) is 10.2. The van der Waals surface area contributed by atoms with Gasteiger partial charge in [0, 0.05) is 71.6 Å². The highest BCUT2D eigenvalue weighted by atomic mass is 16.5. The first-order chi connectivity index (χ1) is 15.9. The molecular formula is C29H47N3O2. The summed E-state index contributed by atoms with van der Waals surface area (Å²) in [6.07, 6.45) is 19.2. The summed E-state index contributed by atoms with van der Waals surface area (Å²) in [5.41, 5.74) is 2.79. The van der Waals surface area contributed by atoms with Gasteiger partial charge in [0.15, 0.2) is 23.5 Å². The summed E-state index contributed by atoms with van der Waals surface area (Å²) in [6.45, 7) is 14.6. The van der Waals surface area contributed by atoms with E-state index in [9.17, 15) is 10.4 Å². The lowest BCUT2D eigenvalue weighted by Crippen LogP contribution is -2.29. The normalized spacial score (nSPS) is 13.7. The molecule has 0 unspecified atom stereocenters. The second kappa shape index (κ2) is 12.4. The third kappa shape index (κ3) is 8.48. The molecule has 190 valence electrons. The van der Waals surface area contributed by atoms with Gasteiger partial charge in [-0.05, 0) is 18.1 Å². The summed E-state index contributed by atoms with van der Waals surface area (Å²) >= 11 is 0. The lowest BCUT2D eigenvalue weighted by atomic mass is 10.0. The van der Waals surface area contributed by atoms with E-state index < -0.39 is 11.1 Å². The van der Waals surface area contributed by atoms with Gasteiger partial charge in [-0.2, -0.15) is 0 Å². The molecule has 0 aromatic carbocycles. The number of nitrogens with zero attached hydrogens (tertiary/aromatic N) is 3. The highest BCUT2D eigenvalue weighted by Gasteiger charge is 2.23. The quantitative estimate of drug-likeness (QED) is 0.106. The van der Waals surface area contributed by atoms with Crippen molar-refractivity contribution in [3.63, 3.8) is 0 Å². The predicted octanol–water partition coefficient (Wildman–Crippen LogP) is 7.58. The summed E-state index contributed by atoms with van der Waals surface area (Å²) in [7, 11) is 0. The van der Waals surface area contributed by atoms with E-state index in [1.807, 2.05) is 53.7 Å². The molecule has 1 aliphatic heterocycles. The Morgan fingerprint density at radius 2 is 1.18 bits per heavy atom.